The minimum Gasteiger partial charge on any atom is -0.355 e. The molecule has 1 rings (SSSR count). The molecule has 0 aromatic rings. The standard InChI is InChI=1S/C10H15NO3S/c1-2-3-5-11-10(12)7-9-4-6-15(13,14)8-9/h1,9H,3-8H2,(H,11,12). The molecule has 0 bridgehead atoms. The van der Waals surface area contributed by atoms with E-state index in [1.165, 1.54) is 0 Å². The lowest BCUT2D eigenvalue weighted by Crippen LogP contribution is -2.26. The Bertz CT molecular complexity index is 367. The lowest BCUT2D eigenvalue weighted by atomic mass is 10.1. The number of carbonyl (C=O) groups is 1. The van der Waals surface area contributed by atoms with E-state index in [1.54, 1.807) is 0 Å². The number of terminal acetylenes is 1. The summed E-state index contributed by atoms with van der Waals surface area (Å²) in [5.41, 5.74) is 0. The van der Waals surface area contributed by atoms with Gasteiger partial charge in [0.2, 0.25) is 5.91 Å². The van der Waals surface area contributed by atoms with Crippen molar-refractivity contribution in [1.29, 1.82) is 0 Å². The number of nitrogens with one attached hydrogen (secondary N) is 1. The molecule has 4 nitrogen and oxygen atoms in total. The molecule has 1 amide bonds. The summed E-state index contributed by atoms with van der Waals surface area (Å²) in [4.78, 5) is 11.3. The Hall–Kier alpha value is -1.02. The van der Waals surface area contributed by atoms with Gasteiger partial charge in [0.25, 0.3) is 0 Å². The second-order valence-electron chi connectivity index (χ2n) is 3.78. The summed E-state index contributed by atoms with van der Waals surface area (Å²) < 4.78 is 22.2. The molecule has 0 aromatic carbocycles. The maximum absolute atomic E-state index is 11.3. The summed E-state index contributed by atoms with van der Waals surface area (Å²) in [5, 5.41) is 2.66. The molecular weight excluding hydrogens is 214 g/mol. The fourth-order valence-electron chi connectivity index (χ4n) is 1.64. The molecule has 0 aromatic heterocycles. The van der Waals surface area contributed by atoms with Crippen LogP contribution in [-0.2, 0) is 14.6 Å². The number of rotatable bonds is 4. The third-order valence-electron chi connectivity index (χ3n) is 2.39. The van der Waals surface area contributed by atoms with Crippen molar-refractivity contribution in [3.8, 4) is 12.3 Å². The van der Waals surface area contributed by atoms with Gasteiger partial charge in [0.05, 0.1) is 11.5 Å². The largest absolute Gasteiger partial charge is 0.355 e. The van der Waals surface area contributed by atoms with Crippen molar-refractivity contribution in [1.82, 2.24) is 5.32 Å². The summed E-state index contributed by atoms with van der Waals surface area (Å²) in [5.74, 6) is 2.67. The van der Waals surface area contributed by atoms with Crippen molar-refractivity contribution in [3.05, 3.63) is 0 Å². The number of amides is 1. The van der Waals surface area contributed by atoms with Crippen LogP contribution in [0, 0.1) is 18.3 Å². The first-order chi connectivity index (χ1) is 7.03. The molecule has 1 saturated heterocycles. The van der Waals surface area contributed by atoms with Crippen molar-refractivity contribution >= 4 is 15.7 Å². The van der Waals surface area contributed by atoms with E-state index in [-0.39, 0.29) is 23.3 Å². The van der Waals surface area contributed by atoms with Gasteiger partial charge >= 0.3 is 0 Å². The van der Waals surface area contributed by atoms with Gasteiger partial charge in [-0.05, 0) is 12.3 Å². The van der Waals surface area contributed by atoms with Crippen LogP contribution in [0.5, 0.6) is 0 Å². The Kier molecular flexibility index (Phi) is 4.15. The highest BCUT2D eigenvalue weighted by atomic mass is 32.2. The number of hydrogen-bond acceptors (Lipinski definition) is 3. The van der Waals surface area contributed by atoms with Crippen LogP contribution >= 0.6 is 0 Å². The lowest BCUT2D eigenvalue weighted by Gasteiger charge is -2.07. The zero-order chi connectivity index (χ0) is 11.3. The van der Waals surface area contributed by atoms with Crippen LogP contribution in [0.25, 0.3) is 0 Å². The first kappa shape index (κ1) is 12.1. The van der Waals surface area contributed by atoms with Gasteiger partial charge in [0.15, 0.2) is 9.84 Å². The van der Waals surface area contributed by atoms with Gasteiger partial charge in [-0.15, -0.1) is 12.3 Å². The Morgan fingerprint density at radius 1 is 1.53 bits per heavy atom. The molecule has 1 N–H and O–H groups in total. The normalized spacial score (nSPS) is 23.3. The van der Waals surface area contributed by atoms with E-state index in [9.17, 15) is 13.2 Å². The molecule has 1 aliphatic heterocycles. The van der Waals surface area contributed by atoms with Crippen LogP contribution in [0.2, 0.25) is 0 Å². The monoisotopic (exact) mass is 229 g/mol. The van der Waals surface area contributed by atoms with E-state index < -0.39 is 9.84 Å². The second-order valence-corrected chi connectivity index (χ2v) is 6.01. The Balaban J connectivity index is 2.25. The molecule has 1 atom stereocenters. The molecule has 5 heteroatoms. The Labute approximate surface area is 90.4 Å². The summed E-state index contributed by atoms with van der Waals surface area (Å²) in [6, 6.07) is 0. The summed E-state index contributed by atoms with van der Waals surface area (Å²) in [7, 11) is -2.88. The maximum atomic E-state index is 11.3. The zero-order valence-electron chi connectivity index (χ0n) is 8.53. The molecular formula is C10H15NO3S. The van der Waals surface area contributed by atoms with Crippen LogP contribution < -0.4 is 5.32 Å². The van der Waals surface area contributed by atoms with Crippen molar-refractivity contribution < 1.29 is 13.2 Å². The van der Waals surface area contributed by atoms with Gasteiger partial charge < -0.3 is 5.32 Å². The minimum absolute atomic E-state index is 0.0131. The first-order valence-electron chi connectivity index (χ1n) is 4.94. The first-order valence-corrected chi connectivity index (χ1v) is 6.76. The van der Waals surface area contributed by atoms with Crippen molar-refractivity contribution in [2.75, 3.05) is 18.1 Å². The minimum atomic E-state index is -2.88. The van der Waals surface area contributed by atoms with Crippen molar-refractivity contribution in [3.63, 3.8) is 0 Å². The Morgan fingerprint density at radius 3 is 2.80 bits per heavy atom. The topological polar surface area (TPSA) is 63.2 Å². The van der Waals surface area contributed by atoms with Gasteiger partial charge in [0.1, 0.15) is 0 Å². The molecule has 0 spiro atoms. The molecule has 0 radical (unpaired) electrons. The van der Waals surface area contributed by atoms with E-state index >= 15 is 0 Å². The smallest absolute Gasteiger partial charge is 0.220 e. The lowest BCUT2D eigenvalue weighted by molar-refractivity contribution is -0.121. The zero-order valence-corrected chi connectivity index (χ0v) is 9.35. The molecule has 1 heterocycles. The average Bonchev–Trinajstić information content (AvgIpc) is 2.46. The van der Waals surface area contributed by atoms with Gasteiger partial charge in [-0.1, -0.05) is 0 Å². The van der Waals surface area contributed by atoms with E-state index in [0.29, 0.717) is 25.8 Å². The van der Waals surface area contributed by atoms with Crippen LogP contribution in [0.3, 0.4) is 0 Å². The van der Waals surface area contributed by atoms with E-state index in [0.717, 1.165) is 0 Å². The van der Waals surface area contributed by atoms with E-state index in [2.05, 4.69) is 11.2 Å². The van der Waals surface area contributed by atoms with Crippen molar-refractivity contribution in [2.24, 2.45) is 5.92 Å². The number of hydrogen-bond donors (Lipinski definition) is 1. The highest BCUT2D eigenvalue weighted by Crippen LogP contribution is 2.21. The van der Waals surface area contributed by atoms with Gasteiger partial charge in [0, 0.05) is 19.4 Å². The number of sulfone groups is 1. The van der Waals surface area contributed by atoms with Gasteiger partial charge in [-0.2, -0.15) is 0 Å². The predicted octanol–water partition coefficient (Wildman–Crippen LogP) is -0.0493. The predicted molar refractivity (Wildman–Crippen MR) is 57.8 cm³/mol. The molecule has 15 heavy (non-hydrogen) atoms. The van der Waals surface area contributed by atoms with Gasteiger partial charge in [-0.25, -0.2) is 8.42 Å². The van der Waals surface area contributed by atoms with Gasteiger partial charge in [-0.3, -0.25) is 4.79 Å². The third-order valence-corrected chi connectivity index (χ3v) is 4.23. The Morgan fingerprint density at radius 2 is 2.27 bits per heavy atom. The summed E-state index contributed by atoms with van der Waals surface area (Å²) >= 11 is 0. The molecule has 1 aliphatic rings. The summed E-state index contributed by atoms with van der Waals surface area (Å²) in [6.45, 7) is 0.467. The molecule has 1 unspecified atom stereocenters. The van der Waals surface area contributed by atoms with Crippen LogP contribution in [0.1, 0.15) is 19.3 Å². The number of carbonyl (C=O) groups excluding carboxylic acids is 1. The fraction of sp³-hybridized carbons (Fsp3) is 0.700. The highest BCUT2D eigenvalue weighted by molar-refractivity contribution is 7.91. The van der Waals surface area contributed by atoms with Crippen LogP contribution in [0.4, 0.5) is 0 Å². The van der Waals surface area contributed by atoms with E-state index in [4.69, 9.17) is 6.42 Å². The van der Waals surface area contributed by atoms with Crippen LogP contribution in [0.15, 0.2) is 0 Å². The van der Waals surface area contributed by atoms with Crippen LogP contribution in [-0.4, -0.2) is 32.4 Å². The maximum Gasteiger partial charge on any atom is 0.220 e. The van der Waals surface area contributed by atoms with E-state index in [1.807, 2.05) is 0 Å². The molecule has 84 valence electrons. The highest BCUT2D eigenvalue weighted by Gasteiger charge is 2.29. The average molecular weight is 229 g/mol. The quantitative estimate of drug-likeness (QED) is 0.543. The fourth-order valence-corrected chi connectivity index (χ4v) is 3.50. The summed E-state index contributed by atoms with van der Waals surface area (Å²) in [6.07, 6.45) is 6.44. The SMILES string of the molecule is C#CCCNC(=O)CC1CCS(=O)(=O)C1. The molecule has 1 fully saturated rings. The second kappa shape index (κ2) is 5.17. The molecule has 0 aliphatic carbocycles. The van der Waals surface area contributed by atoms with Crippen molar-refractivity contribution in [2.45, 2.75) is 19.3 Å². The molecule has 0 saturated carbocycles. The third kappa shape index (κ3) is 4.34.